The van der Waals surface area contributed by atoms with Crippen LogP contribution in [0.25, 0.3) is 78.2 Å². The second kappa shape index (κ2) is 10.8. The van der Waals surface area contributed by atoms with Crippen LogP contribution in [0.2, 0.25) is 0 Å². The molecule has 44 heavy (non-hydrogen) atoms. The van der Waals surface area contributed by atoms with Crippen LogP contribution >= 0.6 is 0 Å². The lowest BCUT2D eigenvalue weighted by atomic mass is 9.90. The van der Waals surface area contributed by atoms with Gasteiger partial charge in [-0.15, -0.1) is 0 Å². The molecule has 0 saturated carbocycles. The van der Waals surface area contributed by atoms with E-state index < -0.39 is 0 Å². The molecule has 0 bridgehead atoms. The molecule has 4 aromatic carbocycles. The summed E-state index contributed by atoms with van der Waals surface area (Å²) in [6.07, 6.45) is 14.1. The van der Waals surface area contributed by atoms with Crippen molar-refractivity contribution < 1.29 is 0 Å². The number of aromatic nitrogens is 8. The molecule has 4 aromatic heterocycles. The molecule has 8 rings (SSSR count). The summed E-state index contributed by atoms with van der Waals surface area (Å²) in [4.78, 5) is 36.8. The van der Waals surface area contributed by atoms with Crippen LogP contribution < -0.4 is 0 Å². The van der Waals surface area contributed by atoms with Crippen molar-refractivity contribution in [2.75, 3.05) is 0 Å². The van der Waals surface area contributed by atoms with Crippen LogP contribution in [0.15, 0.2) is 135 Å². The van der Waals surface area contributed by atoms with Crippen molar-refractivity contribution in [3.63, 3.8) is 0 Å². The Kier molecular flexibility index (Phi) is 6.27. The fourth-order valence-corrected chi connectivity index (χ4v) is 5.62. The maximum atomic E-state index is 4.63. The van der Waals surface area contributed by atoms with Crippen LogP contribution in [-0.4, -0.2) is 39.9 Å². The molecule has 0 N–H and O–H groups in total. The summed E-state index contributed by atoms with van der Waals surface area (Å²) in [7, 11) is 0. The predicted octanol–water partition coefficient (Wildman–Crippen LogP) is 7.49. The first-order chi connectivity index (χ1) is 21.8. The van der Waals surface area contributed by atoms with Gasteiger partial charge in [-0.1, -0.05) is 36.4 Å². The highest BCUT2D eigenvalue weighted by Crippen LogP contribution is 2.41. The average Bonchev–Trinajstić information content (AvgIpc) is 3.11. The maximum absolute atomic E-state index is 4.63. The lowest BCUT2D eigenvalue weighted by molar-refractivity contribution is 1.18. The Morgan fingerprint density at radius 1 is 0.273 bits per heavy atom. The molecule has 0 aliphatic heterocycles. The summed E-state index contributed by atoms with van der Waals surface area (Å²) >= 11 is 0. The van der Waals surface area contributed by atoms with Crippen LogP contribution in [0.4, 0.5) is 0 Å². The molecular weight excluding hydrogens is 544 g/mol. The molecule has 206 valence electrons. The van der Waals surface area contributed by atoms with E-state index in [2.05, 4.69) is 76.3 Å². The number of hydrogen-bond acceptors (Lipinski definition) is 8. The molecular formula is C36H22N8. The van der Waals surface area contributed by atoms with Crippen molar-refractivity contribution in [2.24, 2.45) is 0 Å². The summed E-state index contributed by atoms with van der Waals surface area (Å²) in [5.74, 6) is 2.57. The second-order valence-corrected chi connectivity index (χ2v) is 10.1. The largest absolute Gasteiger partial charge is 0.237 e. The lowest BCUT2D eigenvalue weighted by Crippen LogP contribution is -1.95. The minimum Gasteiger partial charge on any atom is -0.237 e. The fraction of sp³-hybridized carbons (Fsp3) is 0. The molecule has 0 unspecified atom stereocenters. The minimum atomic E-state index is 0.635. The topological polar surface area (TPSA) is 103 Å². The monoisotopic (exact) mass is 566 g/mol. The zero-order valence-electron chi connectivity index (χ0n) is 23.3. The molecule has 0 fully saturated rings. The normalized spacial score (nSPS) is 11.2. The summed E-state index contributed by atoms with van der Waals surface area (Å²) in [6, 6.07) is 28.3. The van der Waals surface area contributed by atoms with Crippen molar-refractivity contribution in [3.05, 3.63) is 135 Å². The van der Waals surface area contributed by atoms with Crippen molar-refractivity contribution in [2.45, 2.75) is 0 Å². The smallest absolute Gasteiger partial charge is 0.159 e. The second-order valence-electron chi connectivity index (χ2n) is 10.1. The number of nitrogens with zero attached hydrogens (tertiary/aromatic N) is 8. The highest BCUT2D eigenvalue weighted by atomic mass is 14.9. The first-order valence-corrected chi connectivity index (χ1v) is 14.1. The van der Waals surface area contributed by atoms with Crippen LogP contribution in [0.1, 0.15) is 0 Å². The van der Waals surface area contributed by atoms with E-state index in [-0.39, 0.29) is 0 Å². The van der Waals surface area contributed by atoms with Gasteiger partial charge in [-0.25, -0.2) is 39.9 Å². The van der Waals surface area contributed by atoms with Crippen molar-refractivity contribution in [3.8, 4) is 56.7 Å². The molecule has 0 radical (unpaired) electrons. The molecule has 8 nitrogen and oxygen atoms in total. The van der Waals surface area contributed by atoms with Crippen molar-refractivity contribution in [1.82, 2.24) is 39.9 Å². The first-order valence-electron chi connectivity index (χ1n) is 14.1. The summed E-state index contributed by atoms with van der Waals surface area (Å²) in [5.41, 5.74) is 5.62. The Morgan fingerprint density at radius 2 is 0.591 bits per heavy atom. The Bertz CT molecular complexity index is 2100. The van der Waals surface area contributed by atoms with Gasteiger partial charge in [0.2, 0.25) is 0 Å². The summed E-state index contributed by atoms with van der Waals surface area (Å²) in [6.45, 7) is 0. The highest BCUT2D eigenvalue weighted by molar-refractivity contribution is 6.08. The van der Waals surface area contributed by atoms with Gasteiger partial charge < -0.3 is 0 Å². The van der Waals surface area contributed by atoms with E-state index in [4.69, 9.17) is 0 Å². The standard InChI is InChI=1S/C36H22N8/c1-7-25-29(27(9-1)33-37-11-3-12-38-33)19-23(21-31(25)35-41-15-5-16-42-35)24-20-30-26(32(22-24)36-43-17-6-18-44-36)8-2-10-28(30)34-39-13-4-14-40-34/h1-22H. The van der Waals surface area contributed by atoms with E-state index in [0.717, 1.165) is 54.9 Å². The number of hydrogen-bond donors (Lipinski definition) is 0. The van der Waals surface area contributed by atoms with E-state index in [1.54, 1.807) is 49.6 Å². The predicted molar refractivity (Wildman–Crippen MR) is 171 cm³/mol. The fourth-order valence-electron chi connectivity index (χ4n) is 5.62. The van der Waals surface area contributed by atoms with Gasteiger partial charge in [-0.2, -0.15) is 0 Å². The maximum Gasteiger partial charge on any atom is 0.159 e. The molecule has 8 aromatic rings. The zero-order valence-corrected chi connectivity index (χ0v) is 23.3. The quantitative estimate of drug-likeness (QED) is 0.211. The van der Waals surface area contributed by atoms with E-state index in [1.807, 2.05) is 48.5 Å². The van der Waals surface area contributed by atoms with Crippen LogP contribution in [0, 0.1) is 0 Å². The van der Waals surface area contributed by atoms with Gasteiger partial charge in [0.25, 0.3) is 0 Å². The van der Waals surface area contributed by atoms with Crippen LogP contribution in [0.3, 0.4) is 0 Å². The molecule has 0 amide bonds. The third kappa shape index (κ3) is 4.51. The lowest BCUT2D eigenvalue weighted by Gasteiger charge is -2.16. The highest BCUT2D eigenvalue weighted by Gasteiger charge is 2.18. The number of rotatable bonds is 5. The van der Waals surface area contributed by atoms with Gasteiger partial charge in [0, 0.05) is 71.8 Å². The van der Waals surface area contributed by atoms with Gasteiger partial charge in [0.1, 0.15) is 0 Å². The van der Waals surface area contributed by atoms with E-state index in [0.29, 0.717) is 23.3 Å². The molecule has 8 heteroatoms. The van der Waals surface area contributed by atoms with Crippen LogP contribution in [-0.2, 0) is 0 Å². The van der Waals surface area contributed by atoms with Gasteiger partial charge in [-0.3, -0.25) is 0 Å². The van der Waals surface area contributed by atoms with Crippen molar-refractivity contribution >= 4 is 21.5 Å². The minimum absolute atomic E-state index is 0.635. The number of fused-ring (bicyclic) bond motifs is 2. The SMILES string of the molecule is c1cnc(-c2cc(-c3cc(-c4ncccn4)c4cccc(-c5ncccn5)c4c3)cc3c(-c4ncccn4)cccc23)nc1. The van der Waals surface area contributed by atoms with E-state index >= 15 is 0 Å². The van der Waals surface area contributed by atoms with Gasteiger partial charge >= 0.3 is 0 Å². The Labute approximate surface area is 252 Å². The number of benzene rings is 4. The third-order valence-electron chi connectivity index (χ3n) is 7.55. The first kappa shape index (κ1) is 25.4. The Hall–Kier alpha value is -6.28. The van der Waals surface area contributed by atoms with Gasteiger partial charge in [0.15, 0.2) is 23.3 Å². The molecule has 4 heterocycles. The average molecular weight is 567 g/mol. The van der Waals surface area contributed by atoms with Gasteiger partial charge in [-0.05, 0) is 81.2 Å². The van der Waals surface area contributed by atoms with E-state index in [9.17, 15) is 0 Å². The zero-order chi connectivity index (χ0) is 29.3. The molecule has 0 saturated heterocycles. The Morgan fingerprint density at radius 3 is 0.932 bits per heavy atom. The van der Waals surface area contributed by atoms with Crippen molar-refractivity contribution in [1.29, 1.82) is 0 Å². The van der Waals surface area contributed by atoms with Crippen LogP contribution in [0.5, 0.6) is 0 Å². The van der Waals surface area contributed by atoms with Gasteiger partial charge in [0.05, 0.1) is 0 Å². The molecule has 0 spiro atoms. The molecule has 0 atom stereocenters. The third-order valence-corrected chi connectivity index (χ3v) is 7.55. The summed E-state index contributed by atoms with van der Waals surface area (Å²) in [5, 5.41) is 4.01. The Balaban J connectivity index is 1.46. The molecule has 0 aliphatic rings. The van der Waals surface area contributed by atoms with E-state index in [1.165, 1.54) is 0 Å². The molecule has 0 aliphatic carbocycles. The summed E-state index contributed by atoms with van der Waals surface area (Å²) < 4.78 is 0.